The molecule has 0 aliphatic heterocycles. The molecular formula is C23H29FIN3O4S. The van der Waals surface area contributed by atoms with Gasteiger partial charge in [0.2, 0.25) is 21.8 Å². The van der Waals surface area contributed by atoms with Gasteiger partial charge in [0, 0.05) is 22.2 Å². The summed E-state index contributed by atoms with van der Waals surface area (Å²) in [5.74, 6) is -1.50. The molecule has 2 amide bonds. The lowest BCUT2D eigenvalue weighted by Crippen LogP contribution is -2.51. The van der Waals surface area contributed by atoms with Gasteiger partial charge < -0.3 is 10.2 Å². The van der Waals surface area contributed by atoms with E-state index in [0.717, 1.165) is 27.0 Å². The van der Waals surface area contributed by atoms with Crippen LogP contribution in [0.2, 0.25) is 0 Å². The van der Waals surface area contributed by atoms with Gasteiger partial charge in [-0.25, -0.2) is 12.8 Å². The number of carbonyl (C=O) groups is 2. The van der Waals surface area contributed by atoms with E-state index in [1.165, 1.54) is 23.1 Å². The minimum absolute atomic E-state index is 0.168. The molecule has 0 heterocycles. The molecule has 2 rings (SSSR count). The van der Waals surface area contributed by atoms with Gasteiger partial charge in [-0.1, -0.05) is 31.5 Å². The van der Waals surface area contributed by atoms with Crippen LogP contribution in [-0.2, 0) is 26.2 Å². The third kappa shape index (κ3) is 7.95. The quantitative estimate of drug-likeness (QED) is 0.321. The average molecular weight is 589 g/mol. The van der Waals surface area contributed by atoms with E-state index in [-0.39, 0.29) is 18.0 Å². The first-order chi connectivity index (χ1) is 15.5. The highest BCUT2D eigenvalue weighted by molar-refractivity contribution is 14.1. The van der Waals surface area contributed by atoms with Gasteiger partial charge >= 0.3 is 0 Å². The fourth-order valence-electron chi connectivity index (χ4n) is 3.15. The Labute approximate surface area is 208 Å². The van der Waals surface area contributed by atoms with E-state index in [1.807, 2.05) is 6.92 Å². The Kier molecular flexibility index (Phi) is 10.1. The smallest absolute Gasteiger partial charge is 0.244 e. The maximum absolute atomic E-state index is 14.3. The van der Waals surface area contributed by atoms with Crippen molar-refractivity contribution in [1.29, 1.82) is 0 Å². The van der Waals surface area contributed by atoms with Crippen LogP contribution in [0.25, 0.3) is 0 Å². The van der Waals surface area contributed by atoms with Gasteiger partial charge in [-0.05, 0) is 66.3 Å². The molecule has 0 saturated carbocycles. The lowest BCUT2D eigenvalue weighted by molar-refractivity contribution is -0.139. The van der Waals surface area contributed by atoms with Crippen molar-refractivity contribution in [2.75, 3.05) is 23.7 Å². The number of rotatable bonds is 11. The molecule has 0 spiro atoms. The second kappa shape index (κ2) is 12.3. The molecule has 2 aromatic carbocycles. The van der Waals surface area contributed by atoms with Gasteiger partial charge in [-0.2, -0.15) is 0 Å². The lowest BCUT2D eigenvalue weighted by atomic mass is 10.1. The van der Waals surface area contributed by atoms with Crippen LogP contribution in [0, 0.1) is 9.39 Å². The number of benzene rings is 2. The summed E-state index contributed by atoms with van der Waals surface area (Å²) in [7, 11) is -3.80. The Morgan fingerprint density at radius 3 is 2.33 bits per heavy atom. The van der Waals surface area contributed by atoms with Crippen molar-refractivity contribution in [3.8, 4) is 0 Å². The highest BCUT2D eigenvalue weighted by Gasteiger charge is 2.30. The normalized spacial score (nSPS) is 12.2. The van der Waals surface area contributed by atoms with E-state index in [9.17, 15) is 22.4 Å². The first kappa shape index (κ1) is 27.0. The third-order valence-corrected chi connectivity index (χ3v) is 6.95. The molecule has 0 unspecified atom stereocenters. The summed E-state index contributed by atoms with van der Waals surface area (Å²) in [4.78, 5) is 27.3. The number of hydrogen-bond acceptors (Lipinski definition) is 4. The van der Waals surface area contributed by atoms with Crippen molar-refractivity contribution in [3.63, 3.8) is 0 Å². The van der Waals surface area contributed by atoms with Crippen molar-refractivity contribution >= 4 is 50.1 Å². The number of nitrogens with one attached hydrogen (secondary N) is 1. The van der Waals surface area contributed by atoms with Crippen LogP contribution in [0.1, 0.15) is 32.3 Å². The molecule has 0 aromatic heterocycles. The van der Waals surface area contributed by atoms with Crippen molar-refractivity contribution < 1.29 is 22.4 Å². The summed E-state index contributed by atoms with van der Waals surface area (Å²) in [5, 5.41) is 2.78. The highest BCUT2D eigenvalue weighted by Crippen LogP contribution is 2.21. The summed E-state index contributed by atoms with van der Waals surface area (Å²) < 4.78 is 41.2. The molecule has 0 saturated heterocycles. The van der Waals surface area contributed by atoms with Gasteiger partial charge in [0.1, 0.15) is 18.4 Å². The first-order valence-electron chi connectivity index (χ1n) is 10.6. The number of anilines is 1. The Morgan fingerprint density at radius 1 is 1.12 bits per heavy atom. The monoisotopic (exact) mass is 589 g/mol. The highest BCUT2D eigenvalue weighted by atomic mass is 127. The number of nitrogens with zero attached hydrogens (tertiary/aromatic N) is 2. The molecule has 0 aliphatic rings. The second-order valence-electron chi connectivity index (χ2n) is 7.68. The molecular weight excluding hydrogens is 560 g/mol. The summed E-state index contributed by atoms with van der Waals surface area (Å²) in [5.41, 5.74) is 0.566. The van der Waals surface area contributed by atoms with Gasteiger partial charge in [-0.3, -0.25) is 13.9 Å². The molecule has 2 aromatic rings. The van der Waals surface area contributed by atoms with Gasteiger partial charge in [0.05, 0.1) is 11.9 Å². The average Bonchev–Trinajstić information content (AvgIpc) is 2.76. The van der Waals surface area contributed by atoms with E-state index in [4.69, 9.17) is 0 Å². The molecule has 0 bridgehead atoms. The summed E-state index contributed by atoms with van der Waals surface area (Å²) in [6.07, 6.45) is 2.70. The number of unbranched alkanes of at least 4 members (excludes halogenated alkanes) is 1. The number of sulfonamides is 1. The summed E-state index contributed by atoms with van der Waals surface area (Å²) >= 11 is 2.10. The van der Waals surface area contributed by atoms with Gasteiger partial charge in [-0.15, -0.1) is 0 Å². The van der Waals surface area contributed by atoms with E-state index in [0.29, 0.717) is 12.2 Å². The Hall–Kier alpha value is -2.21. The zero-order chi connectivity index (χ0) is 24.6. The number of carbonyl (C=O) groups excluding carboxylic acids is 2. The Morgan fingerprint density at radius 2 is 1.76 bits per heavy atom. The van der Waals surface area contributed by atoms with Crippen LogP contribution < -0.4 is 9.62 Å². The fourth-order valence-corrected chi connectivity index (χ4v) is 4.36. The number of halogens is 2. The largest absolute Gasteiger partial charge is 0.354 e. The molecule has 180 valence electrons. The minimum atomic E-state index is -3.80. The predicted molar refractivity (Wildman–Crippen MR) is 136 cm³/mol. The maximum Gasteiger partial charge on any atom is 0.244 e. The number of amides is 2. The molecule has 0 aliphatic carbocycles. The van der Waals surface area contributed by atoms with Crippen molar-refractivity contribution in [2.45, 2.75) is 39.3 Å². The van der Waals surface area contributed by atoms with Crippen LogP contribution in [-0.4, -0.2) is 50.5 Å². The van der Waals surface area contributed by atoms with Crippen LogP contribution >= 0.6 is 22.6 Å². The second-order valence-corrected chi connectivity index (χ2v) is 10.8. The maximum atomic E-state index is 14.3. The Bertz CT molecular complexity index is 1060. The van der Waals surface area contributed by atoms with E-state index < -0.39 is 34.3 Å². The Balaban J connectivity index is 2.35. The van der Waals surface area contributed by atoms with E-state index in [2.05, 4.69) is 27.9 Å². The van der Waals surface area contributed by atoms with Gasteiger partial charge in [0.15, 0.2) is 0 Å². The van der Waals surface area contributed by atoms with Gasteiger partial charge in [0.25, 0.3) is 0 Å². The zero-order valence-corrected chi connectivity index (χ0v) is 21.9. The molecule has 7 nitrogen and oxygen atoms in total. The van der Waals surface area contributed by atoms with E-state index in [1.54, 1.807) is 37.3 Å². The fraction of sp³-hybridized carbons (Fsp3) is 0.391. The van der Waals surface area contributed by atoms with E-state index >= 15 is 0 Å². The molecule has 1 N–H and O–H groups in total. The van der Waals surface area contributed by atoms with Crippen LogP contribution in [0.4, 0.5) is 10.1 Å². The molecule has 0 radical (unpaired) electrons. The predicted octanol–water partition coefficient (Wildman–Crippen LogP) is 3.53. The minimum Gasteiger partial charge on any atom is -0.354 e. The topological polar surface area (TPSA) is 86.8 Å². The number of hydrogen-bond donors (Lipinski definition) is 1. The standard InChI is InChI=1S/C23H29FIN3O4S/c1-4-5-14-26-23(30)17(2)27(15-18-8-6-7-9-21(18)24)22(29)16-28(33(3,31)32)20-12-10-19(25)11-13-20/h6-13,17H,4-5,14-16H2,1-3H3,(H,26,30)/t17-/m0/s1. The molecule has 0 fully saturated rings. The molecule has 10 heteroatoms. The van der Waals surface area contributed by atoms with Crippen LogP contribution in [0.3, 0.4) is 0 Å². The zero-order valence-electron chi connectivity index (χ0n) is 18.9. The molecule has 1 atom stereocenters. The SMILES string of the molecule is CCCCNC(=O)[C@H](C)N(Cc1ccccc1F)C(=O)CN(c1ccc(I)cc1)S(C)(=O)=O. The molecule has 33 heavy (non-hydrogen) atoms. The summed E-state index contributed by atoms with van der Waals surface area (Å²) in [6.45, 7) is 3.32. The van der Waals surface area contributed by atoms with Crippen molar-refractivity contribution in [1.82, 2.24) is 10.2 Å². The van der Waals surface area contributed by atoms with Crippen LogP contribution in [0.5, 0.6) is 0 Å². The first-order valence-corrected chi connectivity index (χ1v) is 13.5. The lowest BCUT2D eigenvalue weighted by Gasteiger charge is -2.31. The summed E-state index contributed by atoms with van der Waals surface area (Å²) in [6, 6.07) is 11.8. The third-order valence-electron chi connectivity index (χ3n) is 5.09. The van der Waals surface area contributed by atoms with Crippen molar-refractivity contribution in [2.24, 2.45) is 0 Å². The van der Waals surface area contributed by atoms with Crippen molar-refractivity contribution in [3.05, 3.63) is 63.5 Å². The van der Waals surface area contributed by atoms with Crippen LogP contribution in [0.15, 0.2) is 48.5 Å².